The Bertz CT molecular complexity index is 834. The molecule has 0 aliphatic rings. The summed E-state index contributed by atoms with van der Waals surface area (Å²) < 4.78 is 20.1. The monoisotopic (exact) mass is 312 g/mol. The number of pyridine rings is 1. The Kier molecular flexibility index (Phi) is 4.01. The molecule has 2 heterocycles. The lowest BCUT2D eigenvalue weighted by atomic mass is 10.1. The Morgan fingerprint density at radius 3 is 2.87 bits per heavy atom. The average Bonchev–Trinajstić information content (AvgIpc) is 3.09. The van der Waals surface area contributed by atoms with E-state index in [0.717, 1.165) is 6.07 Å². The van der Waals surface area contributed by atoms with E-state index in [1.165, 1.54) is 23.9 Å². The number of hydrogen-bond acceptors (Lipinski definition) is 4. The van der Waals surface area contributed by atoms with Crippen molar-refractivity contribution in [2.24, 2.45) is 0 Å². The van der Waals surface area contributed by atoms with Crippen molar-refractivity contribution in [3.05, 3.63) is 66.4 Å². The first-order chi connectivity index (χ1) is 11.2. The summed E-state index contributed by atoms with van der Waals surface area (Å²) in [6.07, 6.45) is 4.91. The van der Waals surface area contributed by atoms with Crippen LogP contribution in [0.15, 0.2) is 55.0 Å². The van der Waals surface area contributed by atoms with Crippen LogP contribution in [0, 0.1) is 5.82 Å². The van der Waals surface area contributed by atoms with Gasteiger partial charge in [-0.15, -0.1) is 0 Å². The number of rotatable bonds is 4. The molecular formula is C16H13FN4O2. The van der Waals surface area contributed by atoms with E-state index >= 15 is 0 Å². The topological polar surface area (TPSA) is 69.0 Å². The largest absolute Gasteiger partial charge is 0.496 e. The Morgan fingerprint density at radius 2 is 2.13 bits per heavy atom. The van der Waals surface area contributed by atoms with Crippen molar-refractivity contribution in [3.8, 4) is 11.6 Å². The molecule has 1 amide bonds. The third-order valence-electron chi connectivity index (χ3n) is 3.16. The summed E-state index contributed by atoms with van der Waals surface area (Å²) in [5, 5.41) is 6.80. The van der Waals surface area contributed by atoms with Gasteiger partial charge in [0, 0.05) is 18.6 Å². The number of nitrogens with zero attached hydrogens (tertiary/aromatic N) is 3. The van der Waals surface area contributed by atoms with Gasteiger partial charge < -0.3 is 10.1 Å². The molecule has 116 valence electrons. The van der Waals surface area contributed by atoms with Crippen LogP contribution in [-0.4, -0.2) is 27.8 Å². The van der Waals surface area contributed by atoms with Crippen LogP contribution in [0.25, 0.3) is 5.82 Å². The zero-order valence-corrected chi connectivity index (χ0v) is 12.2. The van der Waals surface area contributed by atoms with E-state index in [0.29, 0.717) is 11.5 Å². The summed E-state index contributed by atoms with van der Waals surface area (Å²) in [5.41, 5.74) is 0.551. The molecule has 1 aromatic carbocycles. The fourth-order valence-corrected chi connectivity index (χ4v) is 2.12. The second-order valence-corrected chi connectivity index (χ2v) is 4.62. The third-order valence-corrected chi connectivity index (χ3v) is 3.16. The zero-order chi connectivity index (χ0) is 16.2. The molecule has 0 aliphatic carbocycles. The number of benzene rings is 1. The molecule has 23 heavy (non-hydrogen) atoms. The summed E-state index contributed by atoms with van der Waals surface area (Å²) in [6, 6.07) is 8.88. The number of anilines is 1. The van der Waals surface area contributed by atoms with Crippen LogP contribution in [0.2, 0.25) is 0 Å². The van der Waals surface area contributed by atoms with Gasteiger partial charge in [-0.1, -0.05) is 0 Å². The molecule has 7 heteroatoms. The Balaban J connectivity index is 1.94. The van der Waals surface area contributed by atoms with E-state index in [1.54, 1.807) is 36.8 Å². The predicted molar refractivity (Wildman–Crippen MR) is 82.3 cm³/mol. The van der Waals surface area contributed by atoms with Crippen molar-refractivity contribution in [3.63, 3.8) is 0 Å². The van der Waals surface area contributed by atoms with Crippen molar-refractivity contribution >= 4 is 11.6 Å². The van der Waals surface area contributed by atoms with Crippen LogP contribution in [0.3, 0.4) is 0 Å². The van der Waals surface area contributed by atoms with Gasteiger partial charge in [0.15, 0.2) is 5.82 Å². The molecule has 3 rings (SSSR count). The fourth-order valence-electron chi connectivity index (χ4n) is 2.12. The number of carbonyl (C=O) groups is 1. The van der Waals surface area contributed by atoms with E-state index in [9.17, 15) is 9.18 Å². The molecule has 0 bridgehead atoms. The number of ether oxygens (including phenoxy) is 1. The van der Waals surface area contributed by atoms with E-state index in [2.05, 4.69) is 15.4 Å². The van der Waals surface area contributed by atoms with Crippen LogP contribution in [0.5, 0.6) is 5.75 Å². The summed E-state index contributed by atoms with van der Waals surface area (Å²) in [6.45, 7) is 0. The minimum absolute atomic E-state index is 0.0998. The van der Waals surface area contributed by atoms with Crippen molar-refractivity contribution in [1.82, 2.24) is 14.8 Å². The van der Waals surface area contributed by atoms with Crippen molar-refractivity contribution < 1.29 is 13.9 Å². The maximum absolute atomic E-state index is 13.4. The highest BCUT2D eigenvalue weighted by molar-refractivity contribution is 6.06. The number of hydrogen-bond donors (Lipinski definition) is 1. The predicted octanol–water partition coefficient (Wildman–Crippen LogP) is 2.67. The summed E-state index contributed by atoms with van der Waals surface area (Å²) in [5.74, 6) is -0.271. The zero-order valence-electron chi connectivity index (χ0n) is 12.2. The van der Waals surface area contributed by atoms with E-state index in [-0.39, 0.29) is 11.3 Å². The smallest absolute Gasteiger partial charge is 0.259 e. The lowest BCUT2D eigenvalue weighted by Gasteiger charge is -2.12. The quantitative estimate of drug-likeness (QED) is 0.804. The first kappa shape index (κ1) is 14.7. The molecular weight excluding hydrogens is 299 g/mol. The number of methoxy groups -OCH3 is 1. The van der Waals surface area contributed by atoms with Gasteiger partial charge in [-0.2, -0.15) is 5.10 Å². The summed E-state index contributed by atoms with van der Waals surface area (Å²) in [4.78, 5) is 16.7. The van der Waals surface area contributed by atoms with Gasteiger partial charge >= 0.3 is 0 Å². The van der Waals surface area contributed by atoms with Crippen molar-refractivity contribution in [1.29, 1.82) is 0 Å². The highest BCUT2D eigenvalue weighted by Gasteiger charge is 2.16. The second kappa shape index (κ2) is 6.27. The maximum Gasteiger partial charge on any atom is 0.259 e. The molecule has 6 nitrogen and oxygen atoms in total. The first-order valence-corrected chi connectivity index (χ1v) is 6.79. The number of aromatic nitrogens is 3. The standard InChI is InChI=1S/C16H13FN4O2/c1-23-14-6-5-11(17)10-12(14)16(22)20-13-4-2-7-18-15(13)21-9-3-8-19-21/h2-10H,1H3,(H,20,22). The molecule has 0 saturated carbocycles. The molecule has 2 aromatic heterocycles. The SMILES string of the molecule is COc1ccc(F)cc1C(=O)Nc1cccnc1-n1cccn1. The minimum Gasteiger partial charge on any atom is -0.496 e. The Morgan fingerprint density at radius 1 is 1.26 bits per heavy atom. The lowest BCUT2D eigenvalue weighted by Crippen LogP contribution is -2.16. The van der Waals surface area contributed by atoms with Gasteiger partial charge in [0.25, 0.3) is 5.91 Å². The third kappa shape index (κ3) is 3.03. The highest BCUT2D eigenvalue weighted by atomic mass is 19.1. The summed E-state index contributed by atoms with van der Waals surface area (Å²) >= 11 is 0. The van der Waals surface area contributed by atoms with Gasteiger partial charge in [0.2, 0.25) is 0 Å². The van der Waals surface area contributed by atoms with Crippen molar-refractivity contribution in [2.45, 2.75) is 0 Å². The van der Waals surface area contributed by atoms with Crippen LogP contribution < -0.4 is 10.1 Å². The molecule has 3 aromatic rings. The summed E-state index contributed by atoms with van der Waals surface area (Å²) in [7, 11) is 1.42. The van der Waals surface area contributed by atoms with E-state index in [1.807, 2.05) is 0 Å². The van der Waals surface area contributed by atoms with E-state index < -0.39 is 11.7 Å². The lowest BCUT2D eigenvalue weighted by molar-refractivity contribution is 0.102. The van der Waals surface area contributed by atoms with Crippen LogP contribution >= 0.6 is 0 Å². The number of nitrogens with one attached hydrogen (secondary N) is 1. The number of halogens is 1. The van der Waals surface area contributed by atoms with Crippen LogP contribution in [-0.2, 0) is 0 Å². The van der Waals surface area contributed by atoms with Gasteiger partial charge in [-0.05, 0) is 36.4 Å². The molecule has 0 spiro atoms. The number of carbonyl (C=O) groups excluding carboxylic acids is 1. The Labute approximate surface area is 131 Å². The molecule has 0 saturated heterocycles. The minimum atomic E-state index is -0.519. The first-order valence-electron chi connectivity index (χ1n) is 6.79. The van der Waals surface area contributed by atoms with Gasteiger partial charge in [0.1, 0.15) is 11.6 Å². The molecule has 1 N–H and O–H groups in total. The highest BCUT2D eigenvalue weighted by Crippen LogP contribution is 2.22. The molecule has 0 fully saturated rings. The van der Waals surface area contributed by atoms with Gasteiger partial charge in [-0.3, -0.25) is 4.79 Å². The normalized spacial score (nSPS) is 10.3. The second-order valence-electron chi connectivity index (χ2n) is 4.62. The fraction of sp³-hybridized carbons (Fsp3) is 0.0625. The van der Waals surface area contributed by atoms with Crippen LogP contribution in [0.1, 0.15) is 10.4 Å². The van der Waals surface area contributed by atoms with Gasteiger partial charge in [-0.25, -0.2) is 14.1 Å². The number of amides is 1. The maximum atomic E-state index is 13.4. The molecule has 0 aliphatic heterocycles. The Hall–Kier alpha value is -3.22. The van der Waals surface area contributed by atoms with E-state index in [4.69, 9.17) is 4.74 Å². The van der Waals surface area contributed by atoms with Gasteiger partial charge in [0.05, 0.1) is 18.4 Å². The molecule has 0 radical (unpaired) electrons. The molecule has 0 unspecified atom stereocenters. The molecule has 0 atom stereocenters. The van der Waals surface area contributed by atoms with Crippen molar-refractivity contribution in [2.75, 3.05) is 12.4 Å². The van der Waals surface area contributed by atoms with Crippen LogP contribution in [0.4, 0.5) is 10.1 Å². The average molecular weight is 312 g/mol.